The minimum atomic E-state index is -0.179. The number of nitrogens with one attached hydrogen (secondary N) is 1. The van der Waals surface area contributed by atoms with Crippen LogP contribution in [0.3, 0.4) is 0 Å². The maximum Gasteiger partial charge on any atom is 0.274 e. The maximum atomic E-state index is 12.8. The van der Waals surface area contributed by atoms with Crippen molar-refractivity contribution in [2.45, 2.75) is 38.8 Å². The van der Waals surface area contributed by atoms with Gasteiger partial charge in [0.25, 0.3) is 5.91 Å². The van der Waals surface area contributed by atoms with E-state index in [0.717, 1.165) is 12.8 Å². The first-order valence-electron chi connectivity index (χ1n) is 8.89. The zero-order valence-electron chi connectivity index (χ0n) is 15.1. The molecule has 3 rings (SSSR count). The molecular weight excluding hydrogens is 352 g/mol. The van der Waals surface area contributed by atoms with Crippen molar-refractivity contribution in [3.05, 3.63) is 28.9 Å². The molecule has 26 heavy (non-hydrogen) atoms. The van der Waals surface area contributed by atoms with E-state index < -0.39 is 0 Å². The molecule has 1 aromatic rings. The number of fused-ring (bicyclic) bond motifs is 1. The summed E-state index contributed by atoms with van der Waals surface area (Å²) in [5, 5.41) is 9.04. The first kappa shape index (κ1) is 18.7. The van der Waals surface area contributed by atoms with Crippen LogP contribution in [0.15, 0.2) is 17.6 Å². The number of rotatable bonds is 4. The van der Waals surface area contributed by atoms with Gasteiger partial charge >= 0.3 is 0 Å². The van der Waals surface area contributed by atoms with Gasteiger partial charge in [0.15, 0.2) is 11.5 Å². The van der Waals surface area contributed by atoms with Crippen LogP contribution in [0.1, 0.15) is 47.2 Å². The van der Waals surface area contributed by atoms with Gasteiger partial charge in [-0.05, 0) is 30.4 Å². The van der Waals surface area contributed by atoms with E-state index in [1.165, 1.54) is 17.8 Å². The lowest BCUT2D eigenvalue weighted by Crippen LogP contribution is -2.39. The minimum Gasteiger partial charge on any atom is -0.348 e. The Hall–Kier alpha value is -2.09. The lowest BCUT2D eigenvalue weighted by molar-refractivity contribution is -0.117. The normalized spacial score (nSPS) is 23.2. The third kappa shape index (κ3) is 4.00. The van der Waals surface area contributed by atoms with Crippen LogP contribution < -0.4 is 5.32 Å². The number of amides is 2. The number of carbonyl (C=O) groups is 3. The topological polar surface area (TPSA) is 84.3 Å². The summed E-state index contributed by atoms with van der Waals surface area (Å²) in [6.07, 6.45) is 5.66. The predicted octanol–water partition coefficient (Wildman–Crippen LogP) is 1.70. The average molecular weight is 376 g/mol. The number of thioether (sulfide) groups is 1. The molecule has 0 bridgehead atoms. The average Bonchev–Trinajstić information content (AvgIpc) is 3.16. The summed E-state index contributed by atoms with van der Waals surface area (Å²) in [4.78, 5) is 38.5. The molecule has 2 atom stereocenters. The molecule has 7 nitrogen and oxygen atoms in total. The van der Waals surface area contributed by atoms with Crippen molar-refractivity contribution in [1.29, 1.82) is 0 Å². The molecule has 0 radical (unpaired) electrons. The summed E-state index contributed by atoms with van der Waals surface area (Å²) < 4.78 is 1.66. The summed E-state index contributed by atoms with van der Waals surface area (Å²) in [7, 11) is 0. The molecular formula is C18H24N4O3S. The molecule has 0 spiro atoms. The molecule has 0 aliphatic carbocycles. The van der Waals surface area contributed by atoms with Gasteiger partial charge in [-0.2, -0.15) is 5.10 Å². The summed E-state index contributed by atoms with van der Waals surface area (Å²) in [6.45, 7) is 3.70. The number of nitrogens with zero attached hydrogens (tertiary/aromatic N) is 3. The van der Waals surface area contributed by atoms with E-state index in [4.69, 9.17) is 0 Å². The number of ketones is 1. The number of aryl methyl sites for hydroxylation is 1. The number of carbonyl (C=O) groups excluding carboxylic acids is 3. The Balaban J connectivity index is 1.67. The second-order valence-corrected chi connectivity index (χ2v) is 7.60. The van der Waals surface area contributed by atoms with Crippen molar-refractivity contribution in [2.75, 3.05) is 19.3 Å². The van der Waals surface area contributed by atoms with E-state index in [-0.39, 0.29) is 29.6 Å². The molecule has 8 heteroatoms. The first-order valence-corrected chi connectivity index (χ1v) is 10.2. The lowest BCUT2D eigenvalue weighted by atomic mass is 10.1. The van der Waals surface area contributed by atoms with Crippen LogP contribution in [-0.2, 0) is 11.3 Å². The number of aromatic nitrogens is 2. The molecule has 0 saturated carbocycles. The first-order chi connectivity index (χ1) is 12.5. The number of hydrogen-bond acceptors (Lipinski definition) is 5. The van der Waals surface area contributed by atoms with Crippen molar-refractivity contribution in [3.8, 4) is 0 Å². The highest BCUT2D eigenvalue weighted by molar-refractivity contribution is 8.01. The summed E-state index contributed by atoms with van der Waals surface area (Å²) in [5.41, 5.74) is 0.849. The van der Waals surface area contributed by atoms with Gasteiger partial charge in [-0.25, -0.2) is 0 Å². The maximum absolute atomic E-state index is 12.8. The van der Waals surface area contributed by atoms with E-state index in [9.17, 15) is 14.4 Å². The van der Waals surface area contributed by atoms with Gasteiger partial charge in [0.1, 0.15) is 5.69 Å². The second-order valence-electron chi connectivity index (χ2n) is 6.86. The standard InChI is InChI=1S/C18H24N4O3S/c1-12-10-21(11-14(12)19-17(24)6-8-26-2)18(25)13-9-15-16(23)5-3-4-7-22(15)20-13/h6,8-9,12,14H,3-5,7,10-11H2,1-2H3,(H,19,24)/b8-6+/t12-,14-/m1/s1. The van der Waals surface area contributed by atoms with E-state index in [2.05, 4.69) is 10.4 Å². The fourth-order valence-electron chi connectivity index (χ4n) is 3.43. The number of Topliss-reactive ketones (excluding diaryl/α,β-unsaturated/α-hetero) is 1. The highest BCUT2D eigenvalue weighted by Gasteiger charge is 2.35. The molecule has 0 aromatic carbocycles. The molecule has 1 N–H and O–H groups in total. The molecule has 2 aliphatic rings. The molecule has 2 amide bonds. The summed E-state index contributed by atoms with van der Waals surface area (Å²) >= 11 is 1.46. The van der Waals surface area contributed by atoms with E-state index in [0.29, 0.717) is 37.4 Å². The zero-order chi connectivity index (χ0) is 18.7. The summed E-state index contributed by atoms with van der Waals surface area (Å²) in [6, 6.07) is 1.54. The van der Waals surface area contributed by atoms with Crippen molar-refractivity contribution in [3.63, 3.8) is 0 Å². The fourth-order valence-corrected chi connectivity index (χ4v) is 3.69. The fraction of sp³-hybridized carbons (Fsp3) is 0.556. The Bertz CT molecular complexity index is 743. The van der Waals surface area contributed by atoms with Crippen molar-refractivity contribution in [2.24, 2.45) is 5.92 Å². The van der Waals surface area contributed by atoms with Gasteiger partial charge in [-0.1, -0.05) is 6.92 Å². The zero-order valence-corrected chi connectivity index (χ0v) is 15.9. The monoisotopic (exact) mass is 376 g/mol. The van der Waals surface area contributed by atoms with Crippen LogP contribution in [0, 0.1) is 5.92 Å². The van der Waals surface area contributed by atoms with E-state index >= 15 is 0 Å². The van der Waals surface area contributed by atoms with Crippen molar-refractivity contribution < 1.29 is 14.4 Å². The number of likely N-dealkylation sites (tertiary alicyclic amines) is 1. The molecule has 0 unspecified atom stereocenters. The van der Waals surface area contributed by atoms with Crippen LogP contribution in [0.4, 0.5) is 0 Å². The quantitative estimate of drug-likeness (QED) is 0.809. The Kier molecular flexibility index (Phi) is 5.80. The highest BCUT2D eigenvalue weighted by Crippen LogP contribution is 2.21. The SMILES string of the molecule is CS/C=C/C(=O)N[C@@H]1CN(C(=O)c2cc3n(n2)CCCCC3=O)C[C@H]1C. The summed E-state index contributed by atoms with van der Waals surface area (Å²) in [5.74, 6) is -0.117. The Labute approximate surface area is 157 Å². The lowest BCUT2D eigenvalue weighted by Gasteiger charge is -2.15. The third-order valence-corrected chi connectivity index (χ3v) is 5.30. The van der Waals surface area contributed by atoms with Gasteiger partial charge in [0.05, 0.1) is 6.04 Å². The van der Waals surface area contributed by atoms with E-state index in [1.54, 1.807) is 21.1 Å². The molecule has 3 heterocycles. The Morgan fingerprint density at radius 1 is 1.35 bits per heavy atom. The highest BCUT2D eigenvalue weighted by atomic mass is 32.2. The predicted molar refractivity (Wildman–Crippen MR) is 100 cm³/mol. The molecule has 2 aliphatic heterocycles. The van der Waals surface area contributed by atoms with Crippen LogP contribution in [-0.4, -0.2) is 57.7 Å². The van der Waals surface area contributed by atoms with Gasteiger partial charge in [0.2, 0.25) is 5.91 Å². The van der Waals surface area contributed by atoms with Crippen molar-refractivity contribution >= 4 is 29.4 Å². The molecule has 140 valence electrons. The van der Waals surface area contributed by atoms with Gasteiger partial charge in [-0.15, -0.1) is 11.8 Å². The van der Waals surface area contributed by atoms with Crippen molar-refractivity contribution in [1.82, 2.24) is 20.0 Å². The van der Waals surface area contributed by atoms with E-state index in [1.807, 2.05) is 13.2 Å². The van der Waals surface area contributed by atoms with Crippen LogP contribution in [0.5, 0.6) is 0 Å². The molecule has 1 fully saturated rings. The molecule has 1 aromatic heterocycles. The van der Waals surface area contributed by atoms with Crippen LogP contribution in [0.2, 0.25) is 0 Å². The van der Waals surface area contributed by atoms with Crippen LogP contribution in [0.25, 0.3) is 0 Å². The van der Waals surface area contributed by atoms with Gasteiger partial charge in [-0.3, -0.25) is 19.1 Å². The van der Waals surface area contributed by atoms with Gasteiger partial charge < -0.3 is 10.2 Å². The van der Waals surface area contributed by atoms with Gasteiger partial charge in [0, 0.05) is 38.2 Å². The smallest absolute Gasteiger partial charge is 0.274 e. The third-order valence-electron chi connectivity index (χ3n) is 4.89. The Morgan fingerprint density at radius 2 is 2.15 bits per heavy atom. The Morgan fingerprint density at radius 3 is 2.92 bits per heavy atom. The molecule has 1 saturated heterocycles. The minimum absolute atomic E-state index is 0.0505. The second kappa shape index (κ2) is 8.07. The van der Waals surface area contributed by atoms with Crippen LogP contribution >= 0.6 is 11.8 Å². The largest absolute Gasteiger partial charge is 0.348 e. The number of hydrogen-bond donors (Lipinski definition) is 1.